The van der Waals surface area contributed by atoms with E-state index in [1.165, 1.54) is 0 Å². The third-order valence-electron chi connectivity index (χ3n) is 7.70. The quantitative estimate of drug-likeness (QED) is 0.284. The van der Waals surface area contributed by atoms with Crippen LogP contribution in [0.3, 0.4) is 0 Å². The number of hydrogen-bond donors (Lipinski definition) is 0. The van der Waals surface area contributed by atoms with Crippen molar-refractivity contribution in [1.29, 1.82) is 0 Å². The molecule has 6 rings (SSSR count). The summed E-state index contributed by atoms with van der Waals surface area (Å²) in [6.45, 7) is 10.7. The maximum Gasteiger partial charge on any atom is 0.228 e. The van der Waals surface area contributed by atoms with Gasteiger partial charge in [-0.05, 0) is 53.1 Å². The van der Waals surface area contributed by atoms with Gasteiger partial charge < -0.3 is 14.2 Å². The van der Waals surface area contributed by atoms with Gasteiger partial charge in [-0.3, -0.25) is 4.79 Å². The second-order valence-electron chi connectivity index (χ2n) is 11.8. The molecule has 0 saturated carbocycles. The number of benzene rings is 2. The van der Waals surface area contributed by atoms with Crippen LogP contribution in [0.25, 0.3) is 5.65 Å². The van der Waals surface area contributed by atoms with E-state index in [-0.39, 0.29) is 23.7 Å². The minimum Gasteiger partial charge on any atom is -0.497 e. The van der Waals surface area contributed by atoms with E-state index in [4.69, 9.17) is 19.2 Å². The molecule has 0 amide bonds. The number of ether oxygens (including phenoxy) is 3. The number of carbonyl (C=O) groups is 1. The molecule has 0 spiro atoms. The maximum absolute atomic E-state index is 13.6. The van der Waals surface area contributed by atoms with Crippen LogP contribution in [0.2, 0.25) is 0 Å². The molecule has 2 aromatic heterocycles. The zero-order valence-corrected chi connectivity index (χ0v) is 23.8. The number of aryl methyl sites for hydroxylation is 1. The van der Waals surface area contributed by atoms with Crippen LogP contribution in [0, 0.1) is 12.3 Å². The average molecular weight is 539 g/mol. The summed E-state index contributed by atoms with van der Waals surface area (Å²) in [5.41, 5.74) is 5.03. The number of hydrogen-bond acceptors (Lipinski definition) is 7. The minimum atomic E-state index is -0.383. The van der Waals surface area contributed by atoms with Crippen molar-refractivity contribution in [2.24, 2.45) is 5.41 Å². The number of carbonyl (C=O) groups excluding carboxylic acids is 1. The second-order valence-corrected chi connectivity index (χ2v) is 11.8. The fraction of sp³-hybridized carbons (Fsp3) is 0.375. The highest BCUT2D eigenvalue weighted by molar-refractivity contribution is 6.00. The van der Waals surface area contributed by atoms with E-state index in [2.05, 4.69) is 49.9 Å². The molecule has 0 bridgehead atoms. The molecule has 0 saturated heterocycles. The van der Waals surface area contributed by atoms with E-state index in [0.29, 0.717) is 47.4 Å². The van der Waals surface area contributed by atoms with E-state index in [9.17, 15) is 4.79 Å². The number of ketones is 1. The van der Waals surface area contributed by atoms with Crippen LogP contribution in [0.5, 0.6) is 17.4 Å². The normalized spacial score (nSPS) is 18.0. The lowest BCUT2D eigenvalue weighted by Gasteiger charge is -2.37. The SMILES string of the molecule is COc1ccc([C@@H]2C3=C(CC(C)(C)CC3=O)Oc3ncn4nc(COc5cc(C)ccc5C(C)C)nc4c32)cc1. The van der Waals surface area contributed by atoms with Crippen LogP contribution >= 0.6 is 0 Å². The van der Waals surface area contributed by atoms with Gasteiger partial charge in [0.15, 0.2) is 17.3 Å². The molecule has 0 fully saturated rings. The van der Waals surface area contributed by atoms with Crippen LogP contribution in [0.1, 0.15) is 80.5 Å². The van der Waals surface area contributed by atoms with Crippen LogP contribution in [0.4, 0.5) is 0 Å². The maximum atomic E-state index is 13.6. The smallest absolute Gasteiger partial charge is 0.228 e. The summed E-state index contributed by atoms with van der Waals surface area (Å²) < 4.78 is 19.6. The first-order chi connectivity index (χ1) is 19.1. The largest absolute Gasteiger partial charge is 0.497 e. The molecule has 4 aromatic rings. The summed E-state index contributed by atoms with van der Waals surface area (Å²) in [5.74, 6) is 3.28. The first-order valence-corrected chi connectivity index (χ1v) is 13.7. The third-order valence-corrected chi connectivity index (χ3v) is 7.70. The molecule has 1 aliphatic carbocycles. The van der Waals surface area contributed by atoms with Crippen molar-refractivity contribution in [3.05, 3.63) is 88.2 Å². The minimum absolute atomic E-state index is 0.0865. The third kappa shape index (κ3) is 4.61. The number of nitrogens with zero attached hydrogens (tertiary/aromatic N) is 4. The zero-order valence-electron chi connectivity index (χ0n) is 23.8. The lowest BCUT2D eigenvalue weighted by atomic mass is 9.70. The Kier molecular flexibility index (Phi) is 6.36. The van der Waals surface area contributed by atoms with Gasteiger partial charge in [-0.2, -0.15) is 0 Å². The Morgan fingerprint density at radius 2 is 1.90 bits per heavy atom. The molecular weight excluding hydrogens is 504 g/mol. The predicted molar refractivity (Wildman–Crippen MR) is 151 cm³/mol. The van der Waals surface area contributed by atoms with E-state index >= 15 is 0 Å². The van der Waals surface area contributed by atoms with E-state index in [0.717, 1.165) is 33.8 Å². The molecule has 0 radical (unpaired) electrons. The Bertz CT molecular complexity index is 1650. The summed E-state index contributed by atoms with van der Waals surface area (Å²) in [4.78, 5) is 23.1. The van der Waals surface area contributed by atoms with Gasteiger partial charge in [0, 0.05) is 24.3 Å². The first kappa shape index (κ1) is 26.0. The van der Waals surface area contributed by atoms with Gasteiger partial charge in [0.2, 0.25) is 5.88 Å². The van der Waals surface area contributed by atoms with Gasteiger partial charge in [0.1, 0.15) is 30.2 Å². The van der Waals surface area contributed by atoms with Crippen molar-refractivity contribution in [1.82, 2.24) is 19.6 Å². The number of methoxy groups -OCH3 is 1. The highest BCUT2D eigenvalue weighted by Gasteiger charge is 2.44. The van der Waals surface area contributed by atoms with Gasteiger partial charge in [-0.15, -0.1) is 5.10 Å². The number of allylic oxidation sites excluding steroid dienone is 2. The molecule has 40 heavy (non-hydrogen) atoms. The lowest BCUT2D eigenvalue weighted by molar-refractivity contribution is -0.118. The zero-order chi connectivity index (χ0) is 28.2. The van der Waals surface area contributed by atoms with Crippen molar-refractivity contribution in [3.8, 4) is 17.4 Å². The number of rotatable bonds is 6. The van der Waals surface area contributed by atoms with Crippen molar-refractivity contribution in [2.45, 2.75) is 65.9 Å². The Hall–Kier alpha value is -4.20. The van der Waals surface area contributed by atoms with Gasteiger partial charge in [0.25, 0.3) is 0 Å². The van der Waals surface area contributed by atoms with Gasteiger partial charge in [-0.1, -0.05) is 52.0 Å². The van der Waals surface area contributed by atoms with Crippen molar-refractivity contribution in [2.75, 3.05) is 7.11 Å². The van der Waals surface area contributed by atoms with Crippen LogP contribution in [-0.2, 0) is 11.4 Å². The fourth-order valence-corrected chi connectivity index (χ4v) is 5.77. The Morgan fingerprint density at radius 1 is 1.12 bits per heavy atom. The van der Waals surface area contributed by atoms with Crippen LogP contribution in [0.15, 0.2) is 60.1 Å². The molecule has 0 N–H and O–H groups in total. The molecule has 2 aromatic carbocycles. The topological polar surface area (TPSA) is 87.8 Å². The van der Waals surface area contributed by atoms with E-state index in [1.807, 2.05) is 37.3 Å². The van der Waals surface area contributed by atoms with Crippen molar-refractivity contribution < 1.29 is 19.0 Å². The Balaban J connectivity index is 1.44. The average Bonchev–Trinajstić information content (AvgIpc) is 3.33. The van der Waals surface area contributed by atoms with E-state index < -0.39 is 0 Å². The summed E-state index contributed by atoms with van der Waals surface area (Å²) >= 11 is 0. The molecule has 3 heterocycles. The number of fused-ring (bicyclic) bond motifs is 3. The summed E-state index contributed by atoms with van der Waals surface area (Å²) in [7, 11) is 1.64. The monoisotopic (exact) mass is 538 g/mol. The molecule has 1 atom stereocenters. The van der Waals surface area contributed by atoms with Gasteiger partial charge in [-0.25, -0.2) is 14.5 Å². The highest BCUT2D eigenvalue weighted by Crippen LogP contribution is 2.50. The molecule has 8 heteroatoms. The molecule has 0 unspecified atom stereocenters. The first-order valence-electron chi connectivity index (χ1n) is 13.7. The molecule has 206 valence electrons. The van der Waals surface area contributed by atoms with E-state index in [1.54, 1.807) is 18.0 Å². The van der Waals surface area contributed by atoms with Crippen molar-refractivity contribution in [3.63, 3.8) is 0 Å². The standard InChI is InChI=1S/C32H34N4O4/c1-18(2)22-12-7-19(3)13-24(22)39-16-26-34-30-29-27(20-8-10-21(38-6)11-9-20)28-23(37)14-32(4,5)15-25(28)40-31(29)33-17-36(30)35-26/h7-13,17-18,27H,14-16H2,1-6H3/t27-/m1/s1. The summed E-state index contributed by atoms with van der Waals surface area (Å²) in [5, 5.41) is 4.68. The Labute approximate surface area is 234 Å². The second kappa shape index (κ2) is 9.77. The highest BCUT2D eigenvalue weighted by atomic mass is 16.5. The molecular formula is C32H34N4O4. The Morgan fingerprint density at radius 3 is 2.62 bits per heavy atom. The molecule has 8 nitrogen and oxygen atoms in total. The molecule has 2 aliphatic rings. The van der Waals surface area contributed by atoms with Crippen molar-refractivity contribution >= 4 is 11.4 Å². The van der Waals surface area contributed by atoms with Crippen LogP contribution in [-0.4, -0.2) is 32.5 Å². The van der Waals surface area contributed by atoms with Gasteiger partial charge in [0.05, 0.1) is 12.7 Å². The summed E-state index contributed by atoms with van der Waals surface area (Å²) in [6.07, 6.45) is 2.73. The number of Topliss-reactive ketones (excluding diaryl/α,β-unsaturated/α-hetero) is 1. The fourth-order valence-electron chi connectivity index (χ4n) is 5.77. The predicted octanol–water partition coefficient (Wildman–Crippen LogP) is 6.31. The van der Waals surface area contributed by atoms with Gasteiger partial charge >= 0.3 is 0 Å². The number of aromatic nitrogens is 4. The molecule has 1 aliphatic heterocycles. The summed E-state index contributed by atoms with van der Waals surface area (Å²) in [6, 6.07) is 14.1. The lowest BCUT2D eigenvalue weighted by Crippen LogP contribution is -2.33. The van der Waals surface area contributed by atoms with Crippen LogP contribution < -0.4 is 14.2 Å².